The van der Waals surface area contributed by atoms with Gasteiger partial charge in [-0.15, -0.1) is 0 Å². The van der Waals surface area contributed by atoms with Crippen molar-refractivity contribution in [1.29, 1.82) is 0 Å². The topological polar surface area (TPSA) is 88.1 Å². The van der Waals surface area contributed by atoms with Crippen LogP contribution in [0, 0.1) is 46.3 Å². The average Bonchev–Trinajstić information content (AvgIpc) is 3.58. The van der Waals surface area contributed by atoms with E-state index in [0.29, 0.717) is 54.1 Å². The molecule has 2 aromatic carbocycles. The van der Waals surface area contributed by atoms with Crippen molar-refractivity contribution < 1.29 is 33.3 Å². The van der Waals surface area contributed by atoms with E-state index in [0.717, 1.165) is 74.0 Å². The minimum Gasteiger partial charge on any atom is -0.490 e. The highest BCUT2D eigenvalue weighted by Crippen LogP contribution is 2.67. The smallest absolute Gasteiger partial charge is 0.338 e. The molecule has 8 atom stereocenters. The standard InChI is InChI=1S/C51H70O7/c1-7-31-55-41-22-19-38(20-23-41)48(53)57-33-11-9-8-10-32-56-47(52)37-15-17-39(18-16-37)49(54)58-42-27-29-50(5)40(34-42)21-24-43-45-26-25-44(36(4)14-12-13-35(2)3)51(45,6)30-28-46(43)50/h7,15-23,35-36,42-46H,1,8-14,24-34H2,2-6H3/t36-,42?,43+,44-,45+,46+,50+,51-/m1/s1. The summed E-state index contributed by atoms with van der Waals surface area (Å²) in [5, 5.41) is 0. The third kappa shape index (κ3) is 10.3. The lowest BCUT2D eigenvalue weighted by molar-refractivity contribution is -0.0594. The zero-order chi connectivity index (χ0) is 41.3. The summed E-state index contributed by atoms with van der Waals surface area (Å²) in [6.07, 6.45) is 20.9. The van der Waals surface area contributed by atoms with Gasteiger partial charge in [-0.05, 0) is 165 Å². The maximum Gasteiger partial charge on any atom is 0.338 e. The summed E-state index contributed by atoms with van der Waals surface area (Å²) >= 11 is 0. The van der Waals surface area contributed by atoms with Crippen molar-refractivity contribution in [2.75, 3.05) is 19.8 Å². The van der Waals surface area contributed by atoms with E-state index in [1.165, 1.54) is 56.9 Å². The normalized spacial score (nSPS) is 28.0. The number of carbonyl (C=O) groups is 3. The van der Waals surface area contributed by atoms with Crippen molar-refractivity contribution in [3.63, 3.8) is 0 Å². The number of allylic oxidation sites excluding steroid dienone is 1. The quantitative estimate of drug-likeness (QED) is 0.0605. The molecule has 3 saturated carbocycles. The van der Waals surface area contributed by atoms with Gasteiger partial charge in [-0.25, -0.2) is 14.4 Å². The van der Waals surface area contributed by atoms with Gasteiger partial charge in [-0.2, -0.15) is 0 Å². The Morgan fingerprint density at radius 1 is 0.741 bits per heavy atom. The summed E-state index contributed by atoms with van der Waals surface area (Å²) in [6.45, 7) is 17.1. The first kappa shape index (κ1) is 43.7. The molecule has 0 saturated heterocycles. The molecule has 0 amide bonds. The lowest BCUT2D eigenvalue weighted by Gasteiger charge is -2.58. The van der Waals surface area contributed by atoms with E-state index in [-0.39, 0.29) is 23.5 Å². The average molecular weight is 795 g/mol. The van der Waals surface area contributed by atoms with Crippen LogP contribution in [0.1, 0.15) is 162 Å². The van der Waals surface area contributed by atoms with Gasteiger partial charge in [0.1, 0.15) is 18.5 Å². The third-order valence-corrected chi connectivity index (χ3v) is 14.9. The van der Waals surface area contributed by atoms with Gasteiger partial charge in [-0.3, -0.25) is 0 Å². The number of fused-ring (bicyclic) bond motifs is 5. The van der Waals surface area contributed by atoms with Crippen LogP contribution in [0.4, 0.5) is 0 Å². The molecule has 6 rings (SSSR count). The number of ether oxygens (including phenoxy) is 4. The zero-order valence-corrected chi connectivity index (χ0v) is 36.1. The maximum atomic E-state index is 13.3. The van der Waals surface area contributed by atoms with E-state index in [2.05, 4.69) is 47.3 Å². The first-order valence-corrected chi connectivity index (χ1v) is 22.6. The van der Waals surface area contributed by atoms with E-state index in [9.17, 15) is 14.4 Å². The lowest BCUT2D eigenvalue weighted by Crippen LogP contribution is -2.51. The number of hydrogen-bond donors (Lipinski definition) is 0. The number of rotatable bonds is 19. The fourth-order valence-electron chi connectivity index (χ4n) is 11.6. The highest BCUT2D eigenvalue weighted by molar-refractivity contribution is 5.93. The van der Waals surface area contributed by atoms with E-state index >= 15 is 0 Å². The summed E-state index contributed by atoms with van der Waals surface area (Å²) in [6, 6.07) is 13.5. The van der Waals surface area contributed by atoms with Gasteiger partial charge in [0.05, 0.1) is 29.9 Å². The first-order chi connectivity index (χ1) is 27.9. The molecule has 58 heavy (non-hydrogen) atoms. The Labute approximate surface area is 348 Å². The summed E-state index contributed by atoms with van der Waals surface area (Å²) in [5.41, 5.74) is 3.57. The van der Waals surface area contributed by atoms with Crippen LogP contribution in [0.5, 0.6) is 5.75 Å². The molecule has 3 fully saturated rings. The molecule has 316 valence electrons. The van der Waals surface area contributed by atoms with Gasteiger partial charge < -0.3 is 18.9 Å². The van der Waals surface area contributed by atoms with Crippen LogP contribution in [0.2, 0.25) is 0 Å². The van der Waals surface area contributed by atoms with Crippen molar-refractivity contribution in [3.05, 3.63) is 89.5 Å². The van der Waals surface area contributed by atoms with Crippen molar-refractivity contribution in [2.45, 2.75) is 137 Å². The Balaban J connectivity index is 0.890. The molecule has 0 aromatic heterocycles. The molecule has 4 aliphatic rings. The van der Waals surface area contributed by atoms with Crippen LogP contribution in [-0.4, -0.2) is 43.8 Å². The molecule has 7 heteroatoms. The van der Waals surface area contributed by atoms with Crippen LogP contribution < -0.4 is 4.74 Å². The molecule has 1 unspecified atom stereocenters. The van der Waals surface area contributed by atoms with E-state index < -0.39 is 5.97 Å². The summed E-state index contributed by atoms with van der Waals surface area (Å²) in [4.78, 5) is 38.3. The predicted octanol–water partition coefficient (Wildman–Crippen LogP) is 12.4. The molecule has 0 radical (unpaired) electrons. The minimum absolute atomic E-state index is 0.114. The minimum atomic E-state index is -0.406. The number of benzene rings is 2. The fraction of sp³-hybridized carbons (Fsp3) is 0.627. The second-order valence-electron chi connectivity index (χ2n) is 18.9. The van der Waals surface area contributed by atoms with Crippen molar-refractivity contribution >= 4 is 17.9 Å². The molecular weight excluding hydrogens is 725 g/mol. The molecule has 0 bridgehead atoms. The molecular formula is C51H70O7. The Hall–Kier alpha value is -3.87. The summed E-state index contributed by atoms with van der Waals surface area (Å²) < 4.78 is 22.4. The van der Waals surface area contributed by atoms with E-state index in [1.54, 1.807) is 54.6 Å². The van der Waals surface area contributed by atoms with Crippen molar-refractivity contribution in [1.82, 2.24) is 0 Å². The van der Waals surface area contributed by atoms with E-state index in [1.807, 2.05) is 0 Å². The van der Waals surface area contributed by atoms with E-state index in [4.69, 9.17) is 18.9 Å². The molecule has 4 aliphatic carbocycles. The van der Waals surface area contributed by atoms with Crippen molar-refractivity contribution in [3.8, 4) is 5.75 Å². The Morgan fingerprint density at radius 2 is 1.36 bits per heavy atom. The molecule has 0 N–H and O–H groups in total. The van der Waals surface area contributed by atoms with Crippen molar-refractivity contribution in [2.24, 2.45) is 46.3 Å². The Bertz CT molecular complexity index is 1730. The molecule has 2 aromatic rings. The molecule has 7 nitrogen and oxygen atoms in total. The van der Waals surface area contributed by atoms with Gasteiger partial charge in [0.2, 0.25) is 0 Å². The van der Waals surface area contributed by atoms with Gasteiger partial charge in [0, 0.05) is 6.42 Å². The lowest BCUT2D eigenvalue weighted by atomic mass is 9.47. The second kappa shape index (κ2) is 19.9. The predicted molar refractivity (Wildman–Crippen MR) is 230 cm³/mol. The van der Waals surface area contributed by atoms with Gasteiger partial charge in [0.25, 0.3) is 0 Å². The molecule has 0 aliphatic heterocycles. The van der Waals surface area contributed by atoms with Gasteiger partial charge >= 0.3 is 17.9 Å². The third-order valence-electron chi connectivity index (χ3n) is 14.9. The molecule has 0 heterocycles. The van der Waals surface area contributed by atoms with Crippen LogP contribution in [0.15, 0.2) is 72.8 Å². The number of carbonyl (C=O) groups excluding carboxylic acids is 3. The van der Waals surface area contributed by atoms with Crippen LogP contribution in [-0.2, 0) is 14.2 Å². The van der Waals surface area contributed by atoms with Crippen LogP contribution in [0.25, 0.3) is 0 Å². The number of esters is 3. The monoisotopic (exact) mass is 795 g/mol. The second-order valence-corrected chi connectivity index (χ2v) is 18.9. The summed E-state index contributed by atoms with van der Waals surface area (Å²) in [7, 11) is 0. The SMILES string of the molecule is C=CCOc1ccc(C(=O)OCCCCCCOC(=O)c2ccc(C(=O)OC3CC[C@@]4(C)C(=CC[C@H]5[C@@H]6CC[C@H]([C@H](C)CCCC(C)C)[C@@]6(C)CC[C@@H]54)C3)cc2)cc1. The Kier molecular flexibility index (Phi) is 15.0. The maximum absolute atomic E-state index is 13.3. The van der Waals surface area contributed by atoms with Crippen LogP contribution >= 0.6 is 0 Å². The van der Waals surface area contributed by atoms with Gasteiger partial charge in [-0.1, -0.05) is 78.2 Å². The highest BCUT2D eigenvalue weighted by atomic mass is 16.5. The summed E-state index contributed by atoms with van der Waals surface area (Å²) in [5.74, 6) is 4.43. The Morgan fingerprint density at radius 3 is 1.98 bits per heavy atom. The van der Waals surface area contributed by atoms with Gasteiger partial charge in [0.15, 0.2) is 0 Å². The number of unbranched alkanes of at least 4 members (excludes halogenated alkanes) is 3. The fourth-order valence-corrected chi connectivity index (χ4v) is 11.6. The molecule has 0 spiro atoms. The first-order valence-electron chi connectivity index (χ1n) is 22.6. The largest absolute Gasteiger partial charge is 0.490 e. The number of hydrogen-bond acceptors (Lipinski definition) is 7. The highest BCUT2D eigenvalue weighted by Gasteiger charge is 2.59. The zero-order valence-electron chi connectivity index (χ0n) is 36.1. The van der Waals surface area contributed by atoms with Crippen LogP contribution in [0.3, 0.4) is 0 Å².